The zero-order valence-electron chi connectivity index (χ0n) is 19.9. The van der Waals surface area contributed by atoms with Gasteiger partial charge >= 0.3 is 0 Å². The van der Waals surface area contributed by atoms with Crippen molar-refractivity contribution in [1.82, 2.24) is 14.8 Å². The Bertz CT molecular complexity index is 1540. The van der Waals surface area contributed by atoms with Crippen LogP contribution in [0.2, 0.25) is 0 Å². The summed E-state index contributed by atoms with van der Waals surface area (Å²) in [6.07, 6.45) is 2.10. The Balaban J connectivity index is 1.40. The van der Waals surface area contributed by atoms with E-state index in [9.17, 15) is 4.79 Å². The van der Waals surface area contributed by atoms with Gasteiger partial charge in [-0.15, -0.1) is 0 Å². The highest BCUT2D eigenvalue weighted by atomic mass is 32.1. The number of nitrogens with zero attached hydrogens (tertiary/aromatic N) is 3. The van der Waals surface area contributed by atoms with Crippen molar-refractivity contribution in [3.63, 3.8) is 0 Å². The summed E-state index contributed by atoms with van der Waals surface area (Å²) in [4.78, 5) is 17.6. The van der Waals surface area contributed by atoms with E-state index in [2.05, 4.69) is 41.6 Å². The molecule has 0 radical (unpaired) electrons. The highest BCUT2D eigenvalue weighted by molar-refractivity contribution is 7.20. The Kier molecular flexibility index (Phi) is 5.65. The first-order valence-electron chi connectivity index (χ1n) is 11.7. The van der Waals surface area contributed by atoms with Crippen LogP contribution in [0.1, 0.15) is 34.6 Å². The molecule has 8 heteroatoms. The van der Waals surface area contributed by atoms with Gasteiger partial charge in [-0.25, -0.2) is 4.98 Å². The number of ether oxygens (including phenoxy) is 2. The number of methoxy groups -OCH3 is 1. The van der Waals surface area contributed by atoms with Gasteiger partial charge in [0.15, 0.2) is 11.5 Å². The molecule has 7 nitrogen and oxygen atoms in total. The molecule has 0 spiro atoms. The molecule has 1 N–H and O–H groups in total. The number of fused-ring (bicyclic) bond motifs is 2. The van der Waals surface area contributed by atoms with Gasteiger partial charge in [0.1, 0.15) is 12.4 Å². The molecule has 1 aliphatic rings. The van der Waals surface area contributed by atoms with Gasteiger partial charge in [0, 0.05) is 23.5 Å². The summed E-state index contributed by atoms with van der Waals surface area (Å²) in [7, 11) is 1.63. The van der Waals surface area contributed by atoms with E-state index in [0.717, 1.165) is 26.9 Å². The summed E-state index contributed by atoms with van der Waals surface area (Å²) in [5.41, 5.74) is 4.97. The second kappa shape index (κ2) is 9.13. The van der Waals surface area contributed by atoms with E-state index >= 15 is 0 Å². The predicted molar refractivity (Wildman–Crippen MR) is 140 cm³/mol. The average Bonchev–Trinajstić information content (AvgIpc) is 3.51. The summed E-state index contributed by atoms with van der Waals surface area (Å²) in [6.45, 7) is 2.45. The monoisotopic (exact) mass is 496 g/mol. The highest BCUT2D eigenvalue weighted by Crippen LogP contribution is 2.45. The molecule has 3 aromatic carbocycles. The SMILES string of the molecule is COc1cccc([C@H]2CC(=O)Nc3c2cnn3-c2nc3ccccc3s2)c1OCc1ccc(C)cc1. The van der Waals surface area contributed by atoms with E-state index in [4.69, 9.17) is 14.5 Å². The van der Waals surface area contributed by atoms with Gasteiger partial charge in [0.05, 0.1) is 23.5 Å². The van der Waals surface area contributed by atoms with Gasteiger partial charge in [-0.05, 0) is 30.7 Å². The molecule has 0 saturated heterocycles. The van der Waals surface area contributed by atoms with Crippen molar-refractivity contribution in [2.24, 2.45) is 0 Å². The van der Waals surface area contributed by atoms with E-state index in [1.807, 2.05) is 48.7 Å². The first-order chi connectivity index (χ1) is 17.6. The topological polar surface area (TPSA) is 78.3 Å². The molecule has 6 rings (SSSR count). The fraction of sp³-hybridized carbons (Fsp3) is 0.179. The van der Waals surface area contributed by atoms with Crippen molar-refractivity contribution in [2.75, 3.05) is 12.4 Å². The Morgan fingerprint density at radius 3 is 2.69 bits per heavy atom. The van der Waals surface area contributed by atoms with Crippen LogP contribution in [0, 0.1) is 6.92 Å². The second-order valence-electron chi connectivity index (χ2n) is 8.78. The fourth-order valence-corrected chi connectivity index (χ4v) is 5.49. The second-order valence-corrected chi connectivity index (χ2v) is 9.79. The van der Waals surface area contributed by atoms with Gasteiger partial charge in [-0.3, -0.25) is 4.79 Å². The molecular formula is C28H24N4O3S. The third-order valence-corrected chi connectivity index (χ3v) is 7.40. The largest absolute Gasteiger partial charge is 0.493 e. The maximum absolute atomic E-state index is 12.9. The van der Waals surface area contributed by atoms with Crippen LogP contribution < -0.4 is 14.8 Å². The molecule has 0 fully saturated rings. The molecule has 5 aromatic rings. The molecule has 0 bridgehead atoms. The van der Waals surface area contributed by atoms with Crippen molar-refractivity contribution in [3.05, 3.63) is 95.2 Å². The zero-order valence-corrected chi connectivity index (χ0v) is 20.7. The van der Waals surface area contributed by atoms with Gasteiger partial charge in [0.25, 0.3) is 0 Å². The lowest BCUT2D eigenvalue weighted by atomic mass is 9.86. The average molecular weight is 497 g/mol. The van der Waals surface area contributed by atoms with Crippen LogP contribution in [-0.4, -0.2) is 27.8 Å². The summed E-state index contributed by atoms with van der Waals surface area (Å²) in [5, 5.41) is 8.35. The number of anilines is 1. The number of thiazole rings is 1. The number of carbonyl (C=O) groups is 1. The number of aromatic nitrogens is 3. The number of hydrogen-bond donors (Lipinski definition) is 1. The van der Waals surface area contributed by atoms with E-state index in [-0.39, 0.29) is 18.2 Å². The van der Waals surface area contributed by atoms with Gasteiger partial charge in [-0.2, -0.15) is 9.78 Å². The molecule has 180 valence electrons. The van der Waals surface area contributed by atoms with Crippen LogP contribution in [0.25, 0.3) is 15.3 Å². The van der Waals surface area contributed by atoms with E-state index in [1.165, 1.54) is 16.9 Å². The Morgan fingerprint density at radius 2 is 1.89 bits per heavy atom. The lowest BCUT2D eigenvalue weighted by Crippen LogP contribution is -2.25. The number of rotatable bonds is 6. The van der Waals surface area contributed by atoms with Crippen LogP contribution in [-0.2, 0) is 11.4 Å². The molecule has 3 heterocycles. The summed E-state index contributed by atoms with van der Waals surface area (Å²) >= 11 is 1.54. The van der Waals surface area contributed by atoms with Crippen LogP contribution in [0.15, 0.2) is 72.9 Å². The highest BCUT2D eigenvalue weighted by Gasteiger charge is 2.33. The zero-order chi connectivity index (χ0) is 24.6. The molecular weight excluding hydrogens is 472 g/mol. The first kappa shape index (κ1) is 22.3. The molecule has 1 atom stereocenters. The lowest BCUT2D eigenvalue weighted by molar-refractivity contribution is -0.116. The van der Waals surface area contributed by atoms with Crippen LogP contribution in [0.5, 0.6) is 11.5 Å². The number of benzene rings is 3. The van der Waals surface area contributed by atoms with E-state index in [0.29, 0.717) is 29.1 Å². The Hall–Kier alpha value is -4.17. The maximum atomic E-state index is 12.9. The number of nitrogens with one attached hydrogen (secondary N) is 1. The summed E-state index contributed by atoms with van der Waals surface area (Å²) in [5.74, 6) is 1.59. The number of aryl methyl sites for hydroxylation is 1. The number of para-hydroxylation sites is 2. The van der Waals surface area contributed by atoms with Crippen molar-refractivity contribution < 1.29 is 14.3 Å². The summed E-state index contributed by atoms with van der Waals surface area (Å²) < 4.78 is 14.8. The van der Waals surface area contributed by atoms with Crippen molar-refractivity contribution in [3.8, 4) is 16.6 Å². The van der Waals surface area contributed by atoms with Crippen molar-refractivity contribution in [2.45, 2.75) is 25.9 Å². The molecule has 1 amide bonds. The maximum Gasteiger partial charge on any atom is 0.226 e. The van der Waals surface area contributed by atoms with Gasteiger partial charge in [0.2, 0.25) is 11.0 Å². The minimum atomic E-state index is -0.236. The van der Waals surface area contributed by atoms with Crippen LogP contribution in [0.4, 0.5) is 5.82 Å². The normalized spacial score (nSPS) is 14.9. The minimum absolute atomic E-state index is 0.0809. The molecule has 0 aliphatic carbocycles. The molecule has 0 saturated carbocycles. The number of hydrogen-bond acceptors (Lipinski definition) is 6. The third kappa shape index (κ3) is 3.99. The third-order valence-electron chi connectivity index (χ3n) is 6.39. The smallest absolute Gasteiger partial charge is 0.226 e. The Labute approximate surface area is 212 Å². The Morgan fingerprint density at radius 1 is 1.06 bits per heavy atom. The van der Waals surface area contributed by atoms with Crippen LogP contribution in [0.3, 0.4) is 0 Å². The standard InChI is InChI=1S/C28H24N4O3S/c1-17-10-12-18(13-11-17)16-35-26-19(6-5-8-23(26)34-2)20-14-25(33)31-27-21(20)15-29-32(27)28-30-22-7-3-4-9-24(22)36-28/h3-13,15,20H,14,16H2,1-2H3,(H,31,33)/t20-/m1/s1. The lowest BCUT2D eigenvalue weighted by Gasteiger charge is -2.26. The predicted octanol–water partition coefficient (Wildman–Crippen LogP) is 5.85. The van der Waals surface area contributed by atoms with E-state index in [1.54, 1.807) is 11.8 Å². The minimum Gasteiger partial charge on any atom is -0.493 e. The molecule has 0 unspecified atom stereocenters. The van der Waals surface area contributed by atoms with Gasteiger partial charge < -0.3 is 14.8 Å². The number of amides is 1. The molecule has 2 aromatic heterocycles. The summed E-state index contributed by atoms with van der Waals surface area (Å²) in [6, 6.07) is 22.0. The molecule has 36 heavy (non-hydrogen) atoms. The van der Waals surface area contributed by atoms with Crippen molar-refractivity contribution in [1.29, 1.82) is 0 Å². The number of carbonyl (C=O) groups excluding carboxylic acids is 1. The quantitative estimate of drug-likeness (QED) is 0.319. The fourth-order valence-electron chi connectivity index (χ4n) is 4.56. The van der Waals surface area contributed by atoms with Gasteiger partial charge in [-0.1, -0.05) is 65.4 Å². The first-order valence-corrected chi connectivity index (χ1v) is 12.5. The van der Waals surface area contributed by atoms with E-state index < -0.39 is 0 Å². The van der Waals surface area contributed by atoms with Crippen LogP contribution >= 0.6 is 11.3 Å². The van der Waals surface area contributed by atoms with Crippen molar-refractivity contribution >= 4 is 33.3 Å². The molecule has 1 aliphatic heterocycles.